The highest BCUT2D eigenvalue weighted by Crippen LogP contribution is 2.28. The summed E-state index contributed by atoms with van der Waals surface area (Å²) in [6.07, 6.45) is 0. The first-order valence-electron chi connectivity index (χ1n) is 6.31. The van der Waals surface area contributed by atoms with Gasteiger partial charge in [0.25, 0.3) is 0 Å². The van der Waals surface area contributed by atoms with Crippen LogP contribution in [0.15, 0.2) is 24.3 Å². The number of nitriles is 1. The van der Waals surface area contributed by atoms with Gasteiger partial charge in [0.1, 0.15) is 16.8 Å². The summed E-state index contributed by atoms with van der Waals surface area (Å²) in [5, 5.41) is 12.7. The van der Waals surface area contributed by atoms with Gasteiger partial charge in [-0.15, -0.1) is 0 Å². The quantitative estimate of drug-likeness (QED) is 0.815. The van der Waals surface area contributed by atoms with Crippen LogP contribution in [0, 0.1) is 11.3 Å². The number of hydrogen-bond acceptors (Lipinski definition) is 4. The Kier molecular flexibility index (Phi) is 4.36. The molecule has 0 bridgehead atoms. The van der Waals surface area contributed by atoms with Crippen molar-refractivity contribution in [1.82, 2.24) is 9.97 Å². The van der Waals surface area contributed by atoms with Crippen LogP contribution in [0.25, 0.3) is 0 Å². The third kappa shape index (κ3) is 3.84. The highest BCUT2D eigenvalue weighted by atomic mass is 35.5. The van der Waals surface area contributed by atoms with Crippen LogP contribution in [0.5, 0.6) is 0 Å². The van der Waals surface area contributed by atoms with Gasteiger partial charge in [-0.05, 0) is 18.2 Å². The van der Waals surface area contributed by atoms with Crippen LogP contribution in [0.3, 0.4) is 0 Å². The normalized spacial score (nSPS) is 11.0. The van der Waals surface area contributed by atoms with Gasteiger partial charge in [-0.3, -0.25) is 0 Å². The number of nitrogens with one attached hydrogen (secondary N) is 1. The molecule has 0 radical (unpaired) electrons. The smallest absolute Gasteiger partial charge is 0.137 e. The molecule has 1 aromatic carbocycles. The maximum absolute atomic E-state index is 8.84. The van der Waals surface area contributed by atoms with Gasteiger partial charge < -0.3 is 5.32 Å². The van der Waals surface area contributed by atoms with Crippen molar-refractivity contribution in [1.29, 1.82) is 5.26 Å². The van der Waals surface area contributed by atoms with Crippen LogP contribution in [-0.2, 0) is 5.41 Å². The molecule has 0 atom stereocenters. The second-order valence-corrected chi connectivity index (χ2v) is 6.38. The maximum atomic E-state index is 8.84. The van der Waals surface area contributed by atoms with Crippen molar-refractivity contribution in [2.75, 3.05) is 5.32 Å². The first-order chi connectivity index (χ1) is 9.79. The Labute approximate surface area is 133 Å². The second-order valence-electron chi connectivity index (χ2n) is 5.58. The Morgan fingerprint density at radius 3 is 2.43 bits per heavy atom. The number of nitrogens with zero attached hydrogens (tertiary/aromatic N) is 3. The molecule has 0 saturated heterocycles. The zero-order chi connectivity index (χ0) is 15.6. The van der Waals surface area contributed by atoms with E-state index in [0.29, 0.717) is 33.1 Å². The van der Waals surface area contributed by atoms with Gasteiger partial charge in [0, 0.05) is 11.5 Å². The molecule has 0 aliphatic rings. The summed E-state index contributed by atoms with van der Waals surface area (Å²) >= 11 is 12.2. The van der Waals surface area contributed by atoms with Crippen molar-refractivity contribution < 1.29 is 0 Å². The standard InChI is InChI=1S/C15H14Cl2N4/c1-15(2,3)14-20-12(17)7-13(21-14)19-11-5-4-9(8-18)6-10(11)16/h4-7H,1-3H3,(H,19,20,21). The number of anilines is 2. The summed E-state index contributed by atoms with van der Waals surface area (Å²) in [5.74, 6) is 1.20. The number of hydrogen-bond donors (Lipinski definition) is 1. The third-order valence-electron chi connectivity index (χ3n) is 2.73. The lowest BCUT2D eigenvalue weighted by Gasteiger charge is -2.18. The highest BCUT2D eigenvalue weighted by Gasteiger charge is 2.19. The fraction of sp³-hybridized carbons (Fsp3) is 0.267. The Bertz CT molecular complexity index is 715. The van der Waals surface area contributed by atoms with Crippen molar-refractivity contribution in [2.45, 2.75) is 26.2 Å². The predicted octanol–water partition coefficient (Wildman–Crippen LogP) is 4.70. The van der Waals surface area contributed by atoms with E-state index >= 15 is 0 Å². The van der Waals surface area contributed by atoms with Gasteiger partial charge in [0.05, 0.1) is 22.3 Å². The zero-order valence-electron chi connectivity index (χ0n) is 11.9. The summed E-state index contributed by atoms with van der Waals surface area (Å²) in [4.78, 5) is 8.69. The molecule has 2 rings (SSSR count). The van der Waals surface area contributed by atoms with Gasteiger partial charge in [-0.1, -0.05) is 44.0 Å². The fourth-order valence-corrected chi connectivity index (χ4v) is 2.05. The van der Waals surface area contributed by atoms with E-state index in [4.69, 9.17) is 28.5 Å². The molecule has 21 heavy (non-hydrogen) atoms. The number of aromatic nitrogens is 2. The summed E-state index contributed by atoms with van der Waals surface area (Å²) in [7, 11) is 0. The van der Waals surface area contributed by atoms with E-state index in [9.17, 15) is 0 Å². The minimum absolute atomic E-state index is 0.213. The lowest BCUT2D eigenvalue weighted by molar-refractivity contribution is 0.546. The average Bonchev–Trinajstić information content (AvgIpc) is 2.39. The first kappa shape index (κ1) is 15.6. The molecule has 0 fully saturated rings. The van der Waals surface area contributed by atoms with Crippen LogP contribution in [0.4, 0.5) is 11.5 Å². The third-order valence-corrected chi connectivity index (χ3v) is 3.23. The van der Waals surface area contributed by atoms with E-state index in [1.165, 1.54) is 0 Å². The first-order valence-corrected chi connectivity index (χ1v) is 7.07. The van der Waals surface area contributed by atoms with Crippen LogP contribution < -0.4 is 5.32 Å². The minimum Gasteiger partial charge on any atom is -0.339 e. The van der Waals surface area contributed by atoms with Gasteiger partial charge in [0.15, 0.2) is 0 Å². The maximum Gasteiger partial charge on any atom is 0.137 e. The van der Waals surface area contributed by atoms with Crippen LogP contribution in [0.1, 0.15) is 32.2 Å². The van der Waals surface area contributed by atoms with Crippen molar-refractivity contribution >= 4 is 34.7 Å². The van der Waals surface area contributed by atoms with E-state index < -0.39 is 0 Å². The minimum atomic E-state index is -0.213. The molecule has 0 saturated carbocycles. The van der Waals surface area contributed by atoms with Gasteiger partial charge in [-0.25, -0.2) is 9.97 Å². The van der Waals surface area contributed by atoms with Crippen LogP contribution >= 0.6 is 23.2 Å². The SMILES string of the molecule is CC(C)(C)c1nc(Cl)cc(Nc2ccc(C#N)cc2Cl)n1. The molecular formula is C15H14Cl2N4. The highest BCUT2D eigenvalue weighted by molar-refractivity contribution is 6.33. The van der Waals surface area contributed by atoms with Crippen LogP contribution in [0.2, 0.25) is 10.2 Å². The van der Waals surface area contributed by atoms with E-state index in [2.05, 4.69) is 15.3 Å². The molecule has 108 valence electrons. The molecule has 4 nitrogen and oxygen atoms in total. The second kappa shape index (κ2) is 5.88. The van der Waals surface area contributed by atoms with E-state index in [-0.39, 0.29) is 5.41 Å². The molecule has 6 heteroatoms. The molecule has 0 unspecified atom stereocenters. The molecule has 0 aliphatic carbocycles. The van der Waals surface area contributed by atoms with Crippen molar-refractivity contribution in [3.05, 3.63) is 45.8 Å². The molecular weight excluding hydrogens is 307 g/mol. The summed E-state index contributed by atoms with van der Waals surface area (Å²) in [5.41, 5.74) is 0.947. The lowest BCUT2D eigenvalue weighted by atomic mass is 9.96. The van der Waals surface area contributed by atoms with Gasteiger partial charge in [0.2, 0.25) is 0 Å². The summed E-state index contributed by atoms with van der Waals surface area (Å²) in [6.45, 7) is 6.03. The molecule has 0 spiro atoms. The van der Waals surface area contributed by atoms with Crippen molar-refractivity contribution in [3.63, 3.8) is 0 Å². The van der Waals surface area contributed by atoms with E-state index in [0.717, 1.165) is 0 Å². The molecule has 1 N–H and O–H groups in total. The Morgan fingerprint density at radius 1 is 1.14 bits per heavy atom. The summed E-state index contributed by atoms with van der Waals surface area (Å²) in [6, 6.07) is 8.67. The number of halogens is 2. The van der Waals surface area contributed by atoms with Gasteiger partial charge >= 0.3 is 0 Å². The lowest BCUT2D eigenvalue weighted by Crippen LogP contribution is -2.16. The molecule has 1 aromatic heterocycles. The molecule has 0 aliphatic heterocycles. The number of benzene rings is 1. The van der Waals surface area contributed by atoms with E-state index in [1.807, 2.05) is 26.8 Å². The van der Waals surface area contributed by atoms with Gasteiger partial charge in [-0.2, -0.15) is 5.26 Å². The summed E-state index contributed by atoms with van der Waals surface area (Å²) < 4.78 is 0. The Balaban J connectivity index is 2.36. The molecule has 0 amide bonds. The largest absolute Gasteiger partial charge is 0.339 e. The van der Waals surface area contributed by atoms with E-state index in [1.54, 1.807) is 24.3 Å². The predicted molar refractivity (Wildman–Crippen MR) is 85.2 cm³/mol. The zero-order valence-corrected chi connectivity index (χ0v) is 13.4. The molecule has 2 aromatic rings. The van der Waals surface area contributed by atoms with Crippen molar-refractivity contribution in [3.8, 4) is 6.07 Å². The topological polar surface area (TPSA) is 61.6 Å². The van der Waals surface area contributed by atoms with Crippen molar-refractivity contribution in [2.24, 2.45) is 0 Å². The number of rotatable bonds is 2. The Hall–Kier alpha value is -1.83. The fourth-order valence-electron chi connectivity index (χ4n) is 1.64. The van der Waals surface area contributed by atoms with Crippen LogP contribution in [-0.4, -0.2) is 9.97 Å². The average molecular weight is 321 g/mol. The monoisotopic (exact) mass is 320 g/mol. The Morgan fingerprint density at radius 2 is 1.86 bits per heavy atom. The molecule has 1 heterocycles.